The van der Waals surface area contributed by atoms with Crippen LogP contribution in [0.5, 0.6) is 0 Å². The van der Waals surface area contributed by atoms with Crippen molar-refractivity contribution in [3.8, 4) is 0 Å². The van der Waals surface area contributed by atoms with Gasteiger partial charge in [-0.25, -0.2) is 4.98 Å². The minimum absolute atomic E-state index is 0.0668. The van der Waals surface area contributed by atoms with Crippen molar-refractivity contribution >= 4 is 17.6 Å². The fourth-order valence-corrected chi connectivity index (χ4v) is 3.87. The number of benzene rings is 1. The Labute approximate surface area is 165 Å². The third kappa shape index (κ3) is 3.98. The Morgan fingerprint density at radius 1 is 1.11 bits per heavy atom. The Bertz CT molecular complexity index is 832. The first kappa shape index (κ1) is 18.4. The Hall–Kier alpha value is -2.96. The van der Waals surface area contributed by atoms with Gasteiger partial charge in [0.2, 0.25) is 11.8 Å². The Balaban J connectivity index is 1.32. The average molecular weight is 379 g/mol. The van der Waals surface area contributed by atoms with Gasteiger partial charge < -0.3 is 14.7 Å². The molecule has 2 aromatic rings. The number of likely N-dealkylation sites (tertiary alicyclic amines) is 1. The van der Waals surface area contributed by atoms with Crippen molar-refractivity contribution in [2.75, 3.05) is 37.6 Å². The molecule has 7 heteroatoms. The summed E-state index contributed by atoms with van der Waals surface area (Å²) in [4.78, 5) is 39.6. The molecule has 7 nitrogen and oxygen atoms in total. The van der Waals surface area contributed by atoms with Crippen LogP contribution >= 0.6 is 0 Å². The van der Waals surface area contributed by atoms with E-state index < -0.39 is 0 Å². The van der Waals surface area contributed by atoms with Crippen molar-refractivity contribution < 1.29 is 9.59 Å². The molecule has 0 saturated carbocycles. The average Bonchev–Trinajstić information content (AvgIpc) is 3.10. The summed E-state index contributed by atoms with van der Waals surface area (Å²) in [6, 6.07) is 8.19. The van der Waals surface area contributed by atoms with Crippen LogP contribution in [0.2, 0.25) is 0 Å². The summed E-state index contributed by atoms with van der Waals surface area (Å²) in [5.74, 6) is 0.770. The second-order valence-corrected chi connectivity index (χ2v) is 7.54. The van der Waals surface area contributed by atoms with Crippen molar-refractivity contribution in [2.24, 2.45) is 5.92 Å². The first-order valence-corrected chi connectivity index (χ1v) is 9.73. The van der Waals surface area contributed by atoms with Gasteiger partial charge in [-0.3, -0.25) is 14.6 Å². The number of aryl methyl sites for hydroxylation is 1. The molecule has 0 bridgehead atoms. The molecule has 0 radical (unpaired) electrons. The van der Waals surface area contributed by atoms with Crippen molar-refractivity contribution in [1.82, 2.24) is 19.8 Å². The maximum absolute atomic E-state index is 12.9. The highest BCUT2D eigenvalue weighted by Crippen LogP contribution is 2.23. The number of hydrogen-bond donors (Lipinski definition) is 0. The number of anilines is 1. The molecule has 2 fully saturated rings. The van der Waals surface area contributed by atoms with E-state index in [4.69, 9.17) is 0 Å². The fraction of sp³-hybridized carbons (Fsp3) is 0.429. The second kappa shape index (κ2) is 7.96. The highest BCUT2D eigenvalue weighted by molar-refractivity contribution is 5.89. The first-order valence-electron chi connectivity index (χ1n) is 9.73. The Morgan fingerprint density at radius 3 is 2.54 bits per heavy atom. The van der Waals surface area contributed by atoms with Crippen molar-refractivity contribution in [3.63, 3.8) is 0 Å². The largest absolute Gasteiger partial charge is 0.352 e. The number of amides is 2. The molecule has 0 aliphatic carbocycles. The third-order valence-electron chi connectivity index (χ3n) is 5.52. The lowest BCUT2D eigenvalue weighted by molar-refractivity contribution is -0.136. The molecule has 2 aliphatic heterocycles. The smallest absolute Gasteiger partial charge is 0.228 e. The van der Waals surface area contributed by atoms with E-state index in [-0.39, 0.29) is 17.7 Å². The standard InChI is InChI=1S/C21H25N5O2/c1-16-2-4-17(5-3-16)14-26-15-18(12-20(26)27)21(28)25-10-8-24(9-11-25)19-13-22-6-7-23-19/h2-7,13,18H,8-12,14-15H2,1H3/t18-/m1/s1. The van der Waals surface area contributed by atoms with Crippen LogP contribution in [0.3, 0.4) is 0 Å². The Morgan fingerprint density at radius 2 is 1.86 bits per heavy atom. The topological polar surface area (TPSA) is 69.6 Å². The van der Waals surface area contributed by atoms with Crippen LogP contribution in [0.4, 0.5) is 5.82 Å². The van der Waals surface area contributed by atoms with E-state index in [0.717, 1.165) is 24.5 Å². The third-order valence-corrected chi connectivity index (χ3v) is 5.52. The summed E-state index contributed by atoms with van der Waals surface area (Å²) in [6.45, 7) is 5.90. The lowest BCUT2D eigenvalue weighted by Gasteiger charge is -2.36. The molecule has 4 rings (SSSR count). The van der Waals surface area contributed by atoms with Gasteiger partial charge in [-0.15, -0.1) is 0 Å². The van der Waals surface area contributed by atoms with Crippen LogP contribution in [-0.2, 0) is 16.1 Å². The van der Waals surface area contributed by atoms with Gasteiger partial charge in [0.05, 0.1) is 12.1 Å². The summed E-state index contributed by atoms with van der Waals surface area (Å²) in [7, 11) is 0. The molecule has 1 aromatic carbocycles. The predicted molar refractivity (Wildman–Crippen MR) is 106 cm³/mol. The quantitative estimate of drug-likeness (QED) is 0.805. The molecule has 0 N–H and O–H groups in total. The zero-order valence-corrected chi connectivity index (χ0v) is 16.1. The molecular formula is C21H25N5O2. The maximum Gasteiger partial charge on any atom is 0.228 e. The van der Waals surface area contributed by atoms with E-state index in [9.17, 15) is 9.59 Å². The van der Waals surface area contributed by atoms with Crippen molar-refractivity contribution in [2.45, 2.75) is 19.9 Å². The minimum atomic E-state index is -0.235. The molecule has 1 aromatic heterocycles. The van der Waals surface area contributed by atoms with Crippen LogP contribution in [0.25, 0.3) is 0 Å². The molecule has 0 unspecified atom stereocenters. The number of rotatable bonds is 4. The van der Waals surface area contributed by atoms with E-state index in [2.05, 4.69) is 27.0 Å². The van der Waals surface area contributed by atoms with E-state index in [1.165, 1.54) is 5.56 Å². The number of hydrogen-bond acceptors (Lipinski definition) is 5. The van der Waals surface area contributed by atoms with Gasteiger partial charge in [0, 0.05) is 58.1 Å². The lowest BCUT2D eigenvalue weighted by atomic mass is 10.1. The monoisotopic (exact) mass is 379 g/mol. The highest BCUT2D eigenvalue weighted by Gasteiger charge is 2.37. The molecule has 3 heterocycles. The van der Waals surface area contributed by atoms with E-state index in [1.807, 2.05) is 28.9 Å². The van der Waals surface area contributed by atoms with Crippen LogP contribution < -0.4 is 4.90 Å². The Kier molecular flexibility index (Phi) is 5.23. The molecule has 1 atom stereocenters. The summed E-state index contributed by atoms with van der Waals surface area (Å²) in [5, 5.41) is 0. The maximum atomic E-state index is 12.9. The van der Waals surface area contributed by atoms with Crippen LogP contribution in [0, 0.1) is 12.8 Å². The number of aromatic nitrogens is 2. The van der Waals surface area contributed by atoms with E-state index >= 15 is 0 Å². The second-order valence-electron chi connectivity index (χ2n) is 7.54. The summed E-state index contributed by atoms with van der Waals surface area (Å²) >= 11 is 0. The van der Waals surface area contributed by atoms with Gasteiger partial charge in [0.15, 0.2) is 0 Å². The summed E-state index contributed by atoms with van der Waals surface area (Å²) in [6.07, 6.45) is 5.40. The number of carbonyl (C=O) groups excluding carboxylic acids is 2. The zero-order valence-electron chi connectivity index (χ0n) is 16.1. The normalized spacial score (nSPS) is 20.0. The van der Waals surface area contributed by atoms with Gasteiger partial charge in [-0.05, 0) is 12.5 Å². The van der Waals surface area contributed by atoms with Crippen LogP contribution in [0.1, 0.15) is 17.5 Å². The van der Waals surface area contributed by atoms with Gasteiger partial charge in [-0.2, -0.15) is 0 Å². The lowest BCUT2D eigenvalue weighted by Crippen LogP contribution is -2.51. The van der Waals surface area contributed by atoms with Crippen LogP contribution in [-0.4, -0.2) is 64.3 Å². The first-order chi connectivity index (χ1) is 13.6. The molecule has 0 spiro atoms. The van der Waals surface area contributed by atoms with Crippen LogP contribution in [0.15, 0.2) is 42.9 Å². The number of nitrogens with zero attached hydrogens (tertiary/aromatic N) is 5. The number of carbonyl (C=O) groups is 2. The molecule has 28 heavy (non-hydrogen) atoms. The number of piperazine rings is 1. The van der Waals surface area contributed by atoms with Gasteiger partial charge >= 0.3 is 0 Å². The van der Waals surface area contributed by atoms with E-state index in [0.29, 0.717) is 32.6 Å². The summed E-state index contributed by atoms with van der Waals surface area (Å²) in [5.41, 5.74) is 2.30. The summed E-state index contributed by atoms with van der Waals surface area (Å²) < 4.78 is 0. The zero-order chi connectivity index (χ0) is 19.5. The fourth-order valence-electron chi connectivity index (χ4n) is 3.87. The molecular weight excluding hydrogens is 354 g/mol. The molecule has 146 valence electrons. The predicted octanol–water partition coefficient (Wildman–Crippen LogP) is 1.48. The minimum Gasteiger partial charge on any atom is -0.352 e. The van der Waals surface area contributed by atoms with Gasteiger partial charge in [-0.1, -0.05) is 29.8 Å². The molecule has 2 amide bonds. The van der Waals surface area contributed by atoms with E-state index in [1.54, 1.807) is 18.6 Å². The highest BCUT2D eigenvalue weighted by atomic mass is 16.2. The SMILES string of the molecule is Cc1ccc(CN2C[C@H](C(=O)N3CCN(c4cnccn4)CC3)CC2=O)cc1. The van der Waals surface area contributed by atoms with Crippen molar-refractivity contribution in [1.29, 1.82) is 0 Å². The van der Waals surface area contributed by atoms with Gasteiger partial charge in [0.1, 0.15) is 5.82 Å². The van der Waals surface area contributed by atoms with Gasteiger partial charge in [0.25, 0.3) is 0 Å². The molecule has 2 aliphatic rings. The molecule has 2 saturated heterocycles. The van der Waals surface area contributed by atoms with Crippen molar-refractivity contribution in [3.05, 3.63) is 54.0 Å².